The summed E-state index contributed by atoms with van der Waals surface area (Å²) in [4.78, 5) is 18.6. The largest absolute Gasteiger partial charge is 0.469 e. The molecule has 5 heteroatoms. The van der Waals surface area contributed by atoms with Crippen LogP contribution in [0.15, 0.2) is 5.38 Å². The van der Waals surface area contributed by atoms with Crippen molar-refractivity contribution in [3.8, 4) is 0 Å². The van der Waals surface area contributed by atoms with Crippen molar-refractivity contribution in [3.63, 3.8) is 0 Å². The Balaban J connectivity index is 2.11. The Morgan fingerprint density at radius 1 is 1.72 bits per heavy atom. The molecule has 0 aromatic carbocycles. The van der Waals surface area contributed by atoms with Crippen molar-refractivity contribution in [1.82, 2.24) is 9.88 Å². The van der Waals surface area contributed by atoms with Crippen LogP contribution in [0.4, 0.5) is 0 Å². The third-order valence-corrected chi connectivity index (χ3v) is 4.56. The highest BCUT2D eigenvalue weighted by Crippen LogP contribution is 2.31. The van der Waals surface area contributed by atoms with E-state index in [1.54, 1.807) is 11.3 Å². The first-order valence-corrected chi connectivity index (χ1v) is 7.25. The van der Waals surface area contributed by atoms with Crippen molar-refractivity contribution in [2.75, 3.05) is 27.2 Å². The molecule has 0 saturated carbocycles. The normalized spacial score (nSPS) is 22.1. The Labute approximate surface area is 112 Å². The number of rotatable bonds is 4. The Kier molecular flexibility index (Phi) is 4.35. The molecule has 4 nitrogen and oxygen atoms in total. The van der Waals surface area contributed by atoms with Crippen LogP contribution in [-0.2, 0) is 9.53 Å². The molecule has 0 aliphatic carbocycles. The molecule has 2 atom stereocenters. The summed E-state index contributed by atoms with van der Waals surface area (Å²) in [6, 6.07) is 0. The Hall–Kier alpha value is -0.940. The highest BCUT2D eigenvalue weighted by Gasteiger charge is 2.27. The molecule has 100 valence electrons. The van der Waals surface area contributed by atoms with Gasteiger partial charge in [0.05, 0.1) is 23.7 Å². The van der Waals surface area contributed by atoms with Crippen LogP contribution < -0.4 is 0 Å². The number of carbonyl (C=O) groups excluding carboxylic acids is 1. The lowest BCUT2D eigenvalue weighted by molar-refractivity contribution is -0.142. The second kappa shape index (κ2) is 5.80. The van der Waals surface area contributed by atoms with Crippen molar-refractivity contribution in [2.45, 2.75) is 31.6 Å². The highest BCUT2D eigenvalue weighted by molar-refractivity contribution is 7.09. The molecule has 0 radical (unpaired) electrons. The first-order valence-electron chi connectivity index (χ1n) is 6.37. The molecule has 1 saturated heterocycles. The fraction of sp³-hybridized carbons (Fsp3) is 0.692. The maximum atomic E-state index is 11.7. The van der Waals surface area contributed by atoms with Gasteiger partial charge in [-0.3, -0.25) is 4.79 Å². The second-order valence-corrected chi connectivity index (χ2v) is 5.73. The number of likely N-dealkylation sites (N-methyl/N-ethyl adjacent to an activating group) is 1. The Morgan fingerprint density at radius 2 is 2.50 bits per heavy atom. The average molecular weight is 268 g/mol. The van der Waals surface area contributed by atoms with Crippen LogP contribution in [0.5, 0.6) is 0 Å². The molecule has 1 aliphatic heterocycles. The van der Waals surface area contributed by atoms with Gasteiger partial charge in [0, 0.05) is 17.8 Å². The molecule has 0 bridgehead atoms. The van der Waals surface area contributed by atoms with Gasteiger partial charge in [0.25, 0.3) is 0 Å². The van der Waals surface area contributed by atoms with Gasteiger partial charge < -0.3 is 9.64 Å². The summed E-state index contributed by atoms with van der Waals surface area (Å²) in [5.74, 6) is 0.140. The van der Waals surface area contributed by atoms with Crippen LogP contribution in [0.25, 0.3) is 0 Å². The summed E-state index contributed by atoms with van der Waals surface area (Å²) in [5.41, 5.74) is 0.874. The number of ether oxygens (including phenoxy) is 1. The molecular formula is C13H20N2O2S. The molecule has 1 fully saturated rings. The molecule has 1 aromatic heterocycles. The standard InChI is InChI=1S/C13H20N2O2S/c1-4-10(13(16)17-3)11-8-18-12(14-11)9-5-6-15(2)7-9/h8-10H,4-7H2,1-3H3. The van der Waals surface area contributed by atoms with Crippen LogP contribution in [0.1, 0.15) is 42.3 Å². The number of carbonyl (C=O) groups is 1. The van der Waals surface area contributed by atoms with Crippen LogP contribution in [0, 0.1) is 0 Å². The first kappa shape index (κ1) is 13.5. The lowest BCUT2D eigenvalue weighted by Gasteiger charge is -2.10. The Morgan fingerprint density at radius 3 is 3.06 bits per heavy atom. The summed E-state index contributed by atoms with van der Waals surface area (Å²) in [7, 11) is 3.57. The van der Waals surface area contributed by atoms with Crippen LogP contribution in [-0.4, -0.2) is 43.1 Å². The van der Waals surface area contributed by atoms with Gasteiger partial charge in [-0.1, -0.05) is 6.92 Å². The van der Waals surface area contributed by atoms with E-state index >= 15 is 0 Å². The molecule has 0 amide bonds. The first-order chi connectivity index (χ1) is 8.65. The number of nitrogens with zero attached hydrogens (tertiary/aromatic N) is 2. The van der Waals surface area contributed by atoms with Crippen molar-refractivity contribution < 1.29 is 9.53 Å². The molecule has 0 N–H and O–H groups in total. The van der Waals surface area contributed by atoms with Crippen molar-refractivity contribution in [2.24, 2.45) is 0 Å². The molecule has 1 aromatic rings. The summed E-state index contributed by atoms with van der Waals surface area (Å²) < 4.78 is 4.83. The van der Waals surface area contributed by atoms with Gasteiger partial charge in [-0.25, -0.2) is 4.98 Å². The molecule has 1 aliphatic rings. The van der Waals surface area contributed by atoms with Gasteiger partial charge in [0.1, 0.15) is 0 Å². The Bertz CT molecular complexity index is 419. The minimum atomic E-state index is -0.209. The fourth-order valence-corrected chi connectivity index (χ4v) is 3.43. The summed E-state index contributed by atoms with van der Waals surface area (Å²) in [5, 5.41) is 3.18. The summed E-state index contributed by atoms with van der Waals surface area (Å²) in [6.45, 7) is 4.19. The molecular weight excluding hydrogens is 248 g/mol. The summed E-state index contributed by atoms with van der Waals surface area (Å²) >= 11 is 1.67. The monoisotopic (exact) mass is 268 g/mol. The zero-order valence-corrected chi connectivity index (χ0v) is 12.0. The molecule has 0 spiro atoms. The van der Waals surface area contributed by atoms with E-state index in [1.807, 2.05) is 12.3 Å². The lowest BCUT2D eigenvalue weighted by atomic mass is 10.0. The maximum absolute atomic E-state index is 11.7. The predicted octanol–water partition coefficient (Wildman–Crippen LogP) is 2.23. The van der Waals surface area contributed by atoms with E-state index < -0.39 is 0 Å². The molecule has 2 unspecified atom stereocenters. The highest BCUT2D eigenvalue weighted by atomic mass is 32.1. The lowest BCUT2D eigenvalue weighted by Crippen LogP contribution is -2.15. The van der Waals surface area contributed by atoms with Gasteiger partial charge in [-0.2, -0.15) is 0 Å². The van der Waals surface area contributed by atoms with Gasteiger partial charge in [-0.15, -0.1) is 11.3 Å². The van der Waals surface area contributed by atoms with Gasteiger partial charge in [0.15, 0.2) is 0 Å². The van der Waals surface area contributed by atoms with E-state index in [9.17, 15) is 4.79 Å². The van der Waals surface area contributed by atoms with Crippen molar-refractivity contribution >= 4 is 17.3 Å². The van der Waals surface area contributed by atoms with Crippen molar-refractivity contribution in [3.05, 3.63) is 16.1 Å². The fourth-order valence-electron chi connectivity index (χ4n) is 2.42. The van der Waals surface area contributed by atoms with Crippen LogP contribution >= 0.6 is 11.3 Å². The van der Waals surface area contributed by atoms with Crippen LogP contribution in [0.2, 0.25) is 0 Å². The number of hydrogen-bond donors (Lipinski definition) is 0. The average Bonchev–Trinajstić information content (AvgIpc) is 2.98. The van der Waals surface area contributed by atoms with E-state index in [-0.39, 0.29) is 11.9 Å². The minimum absolute atomic E-state index is 0.183. The van der Waals surface area contributed by atoms with E-state index in [2.05, 4.69) is 16.9 Å². The number of likely N-dealkylation sites (tertiary alicyclic amines) is 1. The minimum Gasteiger partial charge on any atom is -0.469 e. The zero-order valence-electron chi connectivity index (χ0n) is 11.2. The van der Waals surface area contributed by atoms with Gasteiger partial charge >= 0.3 is 5.97 Å². The van der Waals surface area contributed by atoms with Crippen LogP contribution in [0.3, 0.4) is 0 Å². The van der Waals surface area contributed by atoms with Crippen molar-refractivity contribution in [1.29, 1.82) is 0 Å². The quantitative estimate of drug-likeness (QED) is 0.785. The second-order valence-electron chi connectivity index (χ2n) is 4.84. The van der Waals surface area contributed by atoms with E-state index in [4.69, 9.17) is 4.74 Å². The van der Waals surface area contributed by atoms with Gasteiger partial charge in [-0.05, 0) is 26.4 Å². The number of methoxy groups -OCH3 is 1. The SMILES string of the molecule is CCC(C(=O)OC)c1csc(C2CCN(C)C2)n1. The number of hydrogen-bond acceptors (Lipinski definition) is 5. The van der Waals surface area contributed by atoms with Gasteiger partial charge in [0.2, 0.25) is 0 Å². The number of esters is 1. The van der Waals surface area contributed by atoms with E-state index in [1.165, 1.54) is 13.5 Å². The van der Waals surface area contributed by atoms with E-state index in [0.717, 1.165) is 30.2 Å². The molecule has 2 heterocycles. The smallest absolute Gasteiger partial charge is 0.314 e. The molecule has 18 heavy (non-hydrogen) atoms. The predicted molar refractivity (Wildman–Crippen MR) is 72.0 cm³/mol. The molecule has 2 rings (SSSR count). The zero-order chi connectivity index (χ0) is 13.1. The third-order valence-electron chi connectivity index (χ3n) is 3.53. The maximum Gasteiger partial charge on any atom is 0.314 e. The summed E-state index contributed by atoms with van der Waals surface area (Å²) in [6.07, 6.45) is 1.90. The number of thiazole rings is 1. The van der Waals surface area contributed by atoms with E-state index in [0.29, 0.717) is 5.92 Å². The topological polar surface area (TPSA) is 42.4 Å². The third kappa shape index (κ3) is 2.72. The number of aromatic nitrogens is 1.